The van der Waals surface area contributed by atoms with Crippen LogP contribution in [0.4, 0.5) is 8.78 Å². The third kappa shape index (κ3) is 4.42. The van der Waals surface area contributed by atoms with Crippen LogP contribution in [0.15, 0.2) is 18.2 Å². The quantitative estimate of drug-likeness (QED) is 0.590. The molecule has 0 aliphatic heterocycles. The van der Waals surface area contributed by atoms with E-state index in [9.17, 15) is 13.6 Å². The molecule has 1 aromatic carbocycles. The number of alkyl halides is 3. The van der Waals surface area contributed by atoms with E-state index in [1.807, 2.05) is 6.92 Å². The summed E-state index contributed by atoms with van der Waals surface area (Å²) < 4.78 is 28.6. The molecule has 0 unspecified atom stereocenters. The maximum atomic E-state index is 12.1. The summed E-state index contributed by atoms with van der Waals surface area (Å²) in [5.74, 6) is -0.0476. The van der Waals surface area contributed by atoms with E-state index in [0.717, 1.165) is 5.56 Å². The molecule has 0 fully saturated rings. The Balaban J connectivity index is 3.00. The number of halogens is 3. The van der Waals surface area contributed by atoms with Crippen molar-refractivity contribution in [2.75, 3.05) is 5.33 Å². The summed E-state index contributed by atoms with van der Waals surface area (Å²) in [5, 5.41) is 0.549. The van der Waals surface area contributed by atoms with Crippen LogP contribution in [-0.2, 0) is 6.42 Å². The SMILES string of the molecule is CCc1cc(OC(F)F)cc(C(=O)CCBr)c1. The molecule has 0 amide bonds. The lowest BCUT2D eigenvalue weighted by Crippen LogP contribution is -2.05. The topological polar surface area (TPSA) is 26.3 Å². The first kappa shape index (κ1) is 14.1. The minimum absolute atomic E-state index is 0.0391. The van der Waals surface area contributed by atoms with Crippen molar-refractivity contribution in [1.82, 2.24) is 0 Å². The average Bonchev–Trinajstić information content (AvgIpc) is 2.28. The highest BCUT2D eigenvalue weighted by molar-refractivity contribution is 9.09. The number of ketones is 1. The van der Waals surface area contributed by atoms with Crippen molar-refractivity contribution in [2.24, 2.45) is 0 Å². The first-order valence-electron chi connectivity index (χ1n) is 5.24. The predicted molar refractivity (Wildman–Crippen MR) is 65.2 cm³/mol. The highest BCUT2D eigenvalue weighted by Crippen LogP contribution is 2.21. The lowest BCUT2D eigenvalue weighted by Gasteiger charge is -2.09. The first-order chi connectivity index (χ1) is 8.06. The Morgan fingerprint density at radius 3 is 2.65 bits per heavy atom. The molecular weight excluding hydrogens is 294 g/mol. The van der Waals surface area contributed by atoms with Crippen molar-refractivity contribution in [3.8, 4) is 5.75 Å². The van der Waals surface area contributed by atoms with Gasteiger partial charge in [0, 0.05) is 17.3 Å². The number of benzene rings is 1. The Morgan fingerprint density at radius 1 is 1.41 bits per heavy atom. The monoisotopic (exact) mass is 306 g/mol. The van der Waals surface area contributed by atoms with E-state index >= 15 is 0 Å². The Kier molecular flexibility index (Phi) is 5.55. The number of carbonyl (C=O) groups is 1. The van der Waals surface area contributed by atoms with E-state index < -0.39 is 6.61 Å². The molecule has 0 aromatic heterocycles. The molecule has 0 saturated heterocycles. The fourth-order valence-corrected chi connectivity index (χ4v) is 1.79. The van der Waals surface area contributed by atoms with Crippen molar-refractivity contribution in [1.29, 1.82) is 0 Å². The maximum absolute atomic E-state index is 12.1. The third-order valence-electron chi connectivity index (χ3n) is 2.24. The molecule has 5 heteroatoms. The molecule has 0 atom stereocenters. The molecule has 17 heavy (non-hydrogen) atoms. The number of aryl methyl sites for hydroxylation is 1. The number of hydrogen-bond donors (Lipinski definition) is 0. The Bertz CT molecular complexity index is 394. The Hall–Kier alpha value is -0.970. The minimum atomic E-state index is -2.87. The zero-order valence-corrected chi connectivity index (χ0v) is 11.0. The summed E-state index contributed by atoms with van der Waals surface area (Å²) in [6, 6.07) is 4.59. The van der Waals surface area contributed by atoms with Gasteiger partial charge in [0.05, 0.1) is 0 Å². The zero-order valence-electron chi connectivity index (χ0n) is 9.38. The third-order valence-corrected chi connectivity index (χ3v) is 2.64. The Morgan fingerprint density at radius 2 is 2.12 bits per heavy atom. The molecule has 1 aromatic rings. The fourth-order valence-electron chi connectivity index (χ4n) is 1.43. The summed E-state index contributed by atoms with van der Waals surface area (Å²) in [5.41, 5.74) is 1.22. The smallest absolute Gasteiger partial charge is 0.387 e. The molecule has 2 nitrogen and oxygen atoms in total. The number of rotatable bonds is 6. The molecule has 0 N–H and O–H groups in total. The molecular formula is C12H13BrF2O2. The second-order valence-electron chi connectivity index (χ2n) is 3.46. The highest BCUT2D eigenvalue weighted by atomic mass is 79.9. The summed E-state index contributed by atoms with van der Waals surface area (Å²) >= 11 is 3.17. The van der Waals surface area contributed by atoms with Crippen molar-refractivity contribution >= 4 is 21.7 Å². The molecule has 0 saturated carbocycles. The number of ether oxygens (including phenoxy) is 1. The van der Waals surface area contributed by atoms with Crippen molar-refractivity contribution in [3.05, 3.63) is 29.3 Å². The molecule has 94 valence electrons. The molecule has 1 rings (SSSR count). The molecule has 0 radical (unpaired) electrons. The van der Waals surface area contributed by atoms with E-state index in [2.05, 4.69) is 20.7 Å². The zero-order chi connectivity index (χ0) is 12.8. The summed E-state index contributed by atoms with van der Waals surface area (Å²) in [4.78, 5) is 11.7. The van der Waals surface area contributed by atoms with Gasteiger partial charge in [0.25, 0.3) is 0 Å². The van der Waals surface area contributed by atoms with Gasteiger partial charge in [0.1, 0.15) is 5.75 Å². The van der Waals surface area contributed by atoms with Gasteiger partial charge in [0.15, 0.2) is 5.78 Å². The minimum Gasteiger partial charge on any atom is -0.435 e. The van der Waals surface area contributed by atoms with E-state index in [1.165, 1.54) is 12.1 Å². The highest BCUT2D eigenvalue weighted by Gasteiger charge is 2.11. The van der Waals surface area contributed by atoms with Gasteiger partial charge in [-0.25, -0.2) is 0 Å². The van der Waals surface area contributed by atoms with E-state index in [4.69, 9.17) is 0 Å². The second kappa shape index (κ2) is 6.69. The average molecular weight is 307 g/mol. The van der Waals surface area contributed by atoms with Gasteiger partial charge in [0.2, 0.25) is 0 Å². The summed E-state index contributed by atoms with van der Waals surface area (Å²) in [6.07, 6.45) is 0.996. The summed E-state index contributed by atoms with van der Waals surface area (Å²) in [6.45, 7) is -0.985. The predicted octanol–water partition coefficient (Wildman–Crippen LogP) is 3.82. The van der Waals surface area contributed by atoms with Gasteiger partial charge < -0.3 is 4.74 Å². The van der Waals surface area contributed by atoms with Crippen molar-refractivity contribution in [2.45, 2.75) is 26.4 Å². The van der Waals surface area contributed by atoms with E-state index in [-0.39, 0.29) is 11.5 Å². The lowest BCUT2D eigenvalue weighted by molar-refractivity contribution is -0.0499. The normalized spacial score (nSPS) is 10.6. The fraction of sp³-hybridized carbons (Fsp3) is 0.417. The van der Waals surface area contributed by atoms with Crippen LogP contribution in [0.25, 0.3) is 0 Å². The van der Waals surface area contributed by atoms with Crippen molar-refractivity contribution < 1.29 is 18.3 Å². The van der Waals surface area contributed by atoms with Crippen LogP contribution in [0.3, 0.4) is 0 Å². The molecule has 0 spiro atoms. The standard InChI is InChI=1S/C12H13BrF2O2/c1-2-8-5-9(11(16)3-4-13)7-10(6-8)17-12(14)15/h5-7,12H,2-4H2,1H3. The van der Waals surface area contributed by atoms with E-state index in [1.54, 1.807) is 6.07 Å². The lowest BCUT2D eigenvalue weighted by atomic mass is 10.0. The van der Waals surface area contributed by atoms with Crippen LogP contribution < -0.4 is 4.74 Å². The first-order valence-corrected chi connectivity index (χ1v) is 6.37. The van der Waals surface area contributed by atoms with Crippen LogP contribution in [-0.4, -0.2) is 17.7 Å². The van der Waals surface area contributed by atoms with Gasteiger partial charge >= 0.3 is 6.61 Å². The van der Waals surface area contributed by atoms with Crippen LogP contribution in [0.5, 0.6) is 5.75 Å². The van der Waals surface area contributed by atoms with E-state index in [0.29, 0.717) is 23.7 Å². The molecule has 0 bridgehead atoms. The van der Waals surface area contributed by atoms with Gasteiger partial charge in [-0.15, -0.1) is 0 Å². The number of hydrogen-bond acceptors (Lipinski definition) is 2. The molecule has 0 heterocycles. The van der Waals surface area contributed by atoms with Gasteiger partial charge in [-0.1, -0.05) is 22.9 Å². The van der Waals surface area contributed by atoms with Gasteiger partial charge in [-0.2, -0.15) is 8.78 Å². The largest absolute Gasteiger partial charge is 0.435 e. The number of carbonyl (C=O) groups excluding carboxylic acids is 1. The summed E-state index contributed by atoms with van der Waals surface area (Å²) in [7, 11) is 0. The maximum Gasteiger partial charge on any atom is 0.387 e. The molecule has 0 aliphatic rings. The van der Waals surface area contributed by atoms with Crippen molar-refractivity contribution in [3.63, 3.8) is 0 Å². The van der Waals surface area contributed by atoms with Crippen LogP contribution >= 0.6 is 15.9 Å². The second-order valence-corrected chi connectivity index (χ2v) is 4.25. The van der Waals surface area contributed by atoms with Gasteiger partial charge in [-0.05, 0) is 30.2 Å². The molecule has 0 aliphatic carbocycles. The number of Topliss-reactive ketones (excluding diaryl/α,β-unsaturated/α-hetero) is 1. The van der Waals surface area contributed by atoms with Gasteiger partial charge in [-0.3, -0.25) is 4.79 Å². The van der Waals surface area contributed by atoms with Crippen LogP contribution in [0, 0.1) is 0 Å². The van der Waals surface area contributed by atoms with Crippen LogP contribution in [0.2, 0.25) is 0 Å². The Labute approximate surface area is 107 Å². The van der Waals surface area contributed by atoms with Crippen LogP contribution in [0.1, 0.15) is 29.3 Å².